The molecule has 0 saturated carbocycles. The molecule has 1 amide bonds. The molecule has 0 bridgehead atoms. The molecule has 1 aliphatic heterocycles. The summed E-state index contributed by atoms with van der Waals surface area (Å²) in [6, 6.07) is 3.68. The van der Waals surface area contributed by atoms with Gasteiger partial charge in [-0.2, -0.15) is 0 Å². The number of hydrogen-bond donors (Lipinski definition) is 0. The van der Waals surface area contributed by atoms with Crippen LogP contribution in [0.3, 0.4) is 0 Å². The molecule has 0 aromatic carbocycles. The zero-order chi connectivity index (χ0) is 13.7. The van der Waals surface area contributed by atoms with E-state index in [1.54, 1.807) is 25.3 Å². The normalized spacial score (nSPS) is 15.9. The van der Waals surface area contributed by atoms with Crippen LogP contribution in [0.25, 0.3) is 0 Å². The van der Waals surface area contributed by atoms with Gasteiger partial charge >= 0.3 is 0 Å². The SMILES string of the molecule is C/C=C/C(=O)N1CCN(c2ccc(OC)nn2)CC1. The maximum Gasteiger partial charge on any atom is 0.246 e. The van der Waals surface area contributed by atoms with E-state index in [1.165, 1.54) is 0 Å². The number of anilines is 1. The van der Waals surface area contributed by atoms with E-state index in [0.29, 0.717) is 19.0 Å². The van der Waals surface area contributed by atoms with E-state index >= 15 is 0 Å². The molecule has 0 spiro atoms. The molecule has 0 radical (unpaired) electrons. The molecular formula is C13H18N4O2. The first-order valence-corrected chi connectivity index (χ1v) is 6.29. The summed E-state index contributed by atoms with van der Waals surface area (Å²) >= 11 is 0. The topological polar surface area (TPSA) is 58.6 Å². The molecular weight excluding hydrogens is 244 g/mol. The summed E-state index contributed by atoms with van der Waals surface area (Å²) in [5.74, 6) is 1.40. The Kier molecular flexibility index (Phi) is 4.33. The summed E-state index contributed by atoms with van der Waals surface area (Å²) in [5.41, 5.74) is 0. The quantitative estimate of drug-likeness (QED) is 0.751. The second kappa shape index (κ2) is 6.17. The molecule has 0 aliphatic carbocycles. The van der Waals surface area contributed by atoms with Crippen molar-refractivity contribution in [3.63, 3.8) is 0 Å². The first-order chi connectivity index (χ1) is 9.24. The molecule has 102 valence electrons. The van der Waals surface area contributed by atoms with Crippen LogP contribution < -0.4 is 9.64 Å². The smallest absolute Gasteiger partial charge is 0.246 e. The average Bonchev–Trinajstić information content (AvgIpc) is 2.48. The third kappa shape index (κ3) is 3.21. The maximum absolute atomic E-state index is 11.7. The van der Waals surface area contributed by atoms with Crippen LogP contribution in [0.4, 0.5) is 5.82 Å². The minimum atomic E-state index is 0.0722. The minimum Gasteiger partial charge on any atom is -0.480 e. The molecule has 1 saturated heterocycles. The number of allylic oxidation sites excluding steroid dienone is 1. The van der Waals surface area contributed by atoms with Gasteiger partial charge in [0.2, 0.25) is 11.8 Å². The summed E-state index contributed by atoms with van der Waals surface area (Å²) in [5, 5.41) is 8.06. The number of nitrogens with zero attached hydrogens (tertiary/aromatic N) is 4. The minimum absolute atomic E-state index is 0.0722. The van der Waals surface area contributed by atoms with Crippen molar-refractivity contribution in [2.45, 2.75) is 6.92 Å². The van der Waals surface area contributed by atoms with E-state index in [9.17, 15) is 4.79 Å². The largest absolute Gasteiger partial charge is 0.480 e. The average molecular weight is 262 g/mol. The number of ether oxygens (including phenoxy) is 1. The lowest BCUT2D eigenvalue weighted by Crippen LogP contribution is -2.48. The molecule has 2 rings (SSSR count). The van der Waals surface area contributed by atoms with E-state index in [4.69, 9.17) is 4.74 Å². The molecule has 6 nitrogen and oxygen atoms in total. The highest BCUT2D eigenvalue weighted by molar-refractivity contribution is 5.87. The van der Waals surface area contributed by atoms with E-state index in [1.807, 2.05) is 17.9 Å². The lowest BCUT2D eigenvalue weighted by atomic mass is 10.3. The molecule has 19 heavy (non-hydrogen) atoms. The van der Waals surface area contributed by atoms with Crippen molar-refractivity contribution in [3.8, 4) is 5.88 Å². The summed E-state index contributed by atoms with van der Waals surface area (Å²) in [4.78, 5) is 15.7. The van der Waals surface area contributed by atoms with Gasteiger partial charge in [0.05, 0.1) is 7.11 Å². The number of carbonyl (C=O) groups is 1. The fourth-order valence-corrected chi connectivity index (χ4v) is 1.99. The van der Waals surface area contributed by atoms with E-state index in [0.717, 1.165) is 18.9 Å². The van der Waals surface area contributed by atoms with E-state index in [-0.39, 0.29) is 5.91 Å². The number of piperazine rings is 1. The molecule has 1 aromatic rings. The number of amides is 1. The summed E-state index contributed by atoms with van der Waals surface area (Å²) < 4.78 is 4.98. The first-order valence-electron chi connectivity index (χ1n) is 6.29. The second-order valence-electron chi connectivity index (χ2n) is 4.25. The van der Waals surface area contributed by atoms with Crippen molar-refractivity contribution in [1.29, 1.82) is 0 Å². The van der Waals surface area contributed by atoms with Gasteiger partial charge < -0.3 is 14.5 Å². The first kappa shape index (κ1) is 13.3. The molecule has 0 atom stereocenters. The summed E-state index contributed by atoms with van der Waals surface area (Å²) in [6.45, 7) is 4.80. The van der Waals surface area contributed by atoms with Crippen LogP contribution in [0.1, 0.15) is 6.92 Å². The van der Waals surface area contributed by atoms with Gasteiger partial charge in [-0.15, -0.1) is 10.2 Å². The van der Waals surface area contributed by atoms with Crippen LogP contribution in [-0.2, 0) is 4.79 Å². The Labute approximate surface area is 112 Å². The van der Waals surface area contributed by atoms with Gasteiger partial charge in [-0.25, -0.2) is 0 Å². The van der Waals surface area contributed by atoms with Crippen molar-refractivity contribution < 1.29 is 9.53 Å². The molecule has 1 aromatic heterocycles. The lowest BCUT2D eigenvalue weighted by molar-refractivity contribution is -0.126. The van der Waals surface area contributed by atoms with E-state index in [2.05, 4.69) is 15.1 Å². The van der Waals surface area contributed by atoms with Gasteiger partial charge in [-0.05, 0) is 19.1 Å². The van der Waals surface area contributed by atoms with Gasteiger partial charge in [-0.1, -0.05) is 6.08 Å². The Morgan fingerprint density at radius 2 is 2.00 bits per heavy atom. The van der Waals surface area contributed by atoms with Crippen LogP contribution >= 0.6 is 0 Å². The standard InChI is InChI=1S/C13H18N4O2/c1-3-4-13(18)17-9-7-16(8-10-17)11-5-6-12(19-2)15-14-11/h3-6H,7-10H2,1-2H3/b4-3+. The monoisotopic (exact) mass is 262 g/mol. The van der Waals surface area contributed by atoms with Crippen LogP contribution in [0.15, 0.2) is 24.3 Å². The van der Waals surface area contributed by atoms with Gasteiger partial charge in [-0.3, -0.25) is 4.79 Å². The highest BCUT2D eigenvalue weighted by Crippen LogP contribution is 2.15. The molecule has 0 N–H and O–H groups in total. The molecule has 2 heterocycles. The number of hydrogen-bond acceptors (Lipinski definition) is 5. The highest BCUT2D eigenvalue weighted by atomic mass is 16.5. The van der Waals surface area contributed by atoms with Crippen LogP contribution in [0, 0.1) is 0 Å². The number of aromatic nitrogens is 2. The molecule has 0 unspecified atom stereocenters. The predicted octanol–water partition coefficient (Wildman–Crippen LogP) is 0.710. The maximum atomic E-state index is 11.7. The Bertz CT molecular complexity index is 450. The van der Waals surface area contributed by atoms with Gasteiger partial charge in [0.15, 0.2) is 5.82 Å². The van der Waals surface area contributed by atoms with Gasteiger partial charge in [0.25, 0.3) is 0 Å². The van der Waals surface area contributed by atoms with Crippen molar-refractivity contribution in [3.05, 3.63) is 24.3 Å². The zero-order valence-electron chi connectivity index (χ0n) is 11.2. The fourth-order valence-electron chi connectivity index (χ4n) is 1.99. The number of carbonyl (C=O) groups excluding carboxylic acids is 1. The molecule has 1 aliphatic rings. The third-order valence-electron chi connectivity index (χ3n) is 3.06. The Balaban J connectivity index is 1.93. The Morgan fingerprint density at radius 1 is 1.26 bits per heavy atom. The molecule has 1 fully saturated rings. The van der Waals surface area contributed by atoms with E-state index < -0.39 is 0 Å². The van der Waals surface area contributed by atoms with Gasteiger partial charge in [0, 0.05) is 32.2 Å². The Hall–Kier alpha value is -2.11. The fraction of sp³-hybridized carbons (Fsp3) is 0.462. The van der Waals surface area contributed by atoms with Crippen LogP contribution in [-0.4, -0.2) is 54.3 Å². The van der Waals surface area contributed by atoms with Crippen molar-refractivity contribution in [2.75, 3.05) is 38.2 Å². The highest BCUT2D eigenvalue weighted by Gasteiger charge is 2.20. The van der Waals surface area contributed by atoms with Crippen molar-refractivity contribution >= 4 is 11.7 Å². The van der Waals surface area contributed by atoms with Crippen molar-refractivity contribution in [2.24, 2.45) is 0 Å². The third-order valence-corrected chi connectivity index (χ3v) is 3.06. The predicted molar refractivity (Wildman–Crippen MR) is 72.2 cm³/mol. The van der Waals surface area contributed by atoms with Crippen LogP contribution in [0.2, 0.25) is 0 Å². The van der Waals surface area contributed by atoms with Gasteiger partial charge in [0.1, 0.15) is 0 Å². The molecule has 6 heteroatoms. The zero-order valence-corrected chi connectivity index (χ0v) is 11.2. The summed E-state index contributed by atoms with van der Waals surface area (Å²) in [7, 11) is 1.56. The Morgan fingerprint density at radius 3 is 2.53 bits per heavy atom. The summed E-state index contributed by atoms with van der Waals surface area (Å²) in [6.07, 6.45) is 3.37. The van der Waals surface area contributed by atoms with Crippen LogP contribution in [0.5, 0.6) is 5.88 Å². The number of rotatable bonds is 3. The van der Waals surface area contributed by atoms with Crippen molar-refractivity contribution in [1.82, 2.24) is 15.1 Å². The second-order valence-corrected chi connectivity index (χ2v) is 4.25. The lowest BCUT2D eigenvalue weighted by Gasteiger charge is -2.34. The number of methoxy groups -OCH3 is 1.